The fourth-order valence-corrected chi connectivity index (χ4v) is 18.6. The molecule has 0 amide bonds. The third-order valence-electron chi connectivity index (χ3n) is 6.74. The van der Waals surface area contributed by atoms with Crippen LogP contribution < -0.4 is 0 Å². The second-order valence-electron chi connectivity index (χ2n) is 11.5. The molecule has 0 heterocycles. The first-order valence-electron chi connectivity index (χ1n) is 12.5. The molecule has 0 unspecified atom stereocenters. The van der Waals surface area contributed by atoms with Gasteiger partial charge in [0.2, 0.25) is 0 Å². The normalized spacial score (nSPS) is 12.1. The Bertz CT molecular complexity index is 894. The number of benzene rings is 3. The van der Waals surface area contributed by atoms with Gasteiger partial charge in [0.1, 0.15) is 0 Å². The molecule has 1 N–H and O–H groups in total. The van der Waals surface area contributed by atoms with Gasteiger partial charge >= 0.3 is 199 Å². The van der Waals surface area contributed by atoms with E-state index in [1.807, 2.05) is 0 Å². The molecule has 0 aliphatic rings. The number of hydrogen-bond donors (Lipinski definition) is 1. The molecule has 3 heteroatoms. The standard InChI is InChI=1S/3C10H13.C2H4O2.Sn/c3*1-10(2,3)9-7-5-4-6-8-9;1-2(3)4;/h3*4-8H,1H2,2-3H3;1H3,(H,3,4);. The maximum atomic E-state index is 9.00. The van der Waals surface area contributed by atoms with Crippen LogP contribution in [0, 0.1) is 0 Å². The van der Waals surface area contributed by atoms with E-state index in [0.717, 1.165) is 6.92 Å². The Morgan fingerprint density at radius 1 is 0.571 bits per heavy atom. The Labute approximate surface area is 220 Å². The third-order valence-corrected chi connectivity index (χ3v) is 18.6. The molecule has 1 radical (unpaired) electrons. The van der Waals surface area contributed by atoms with E-state index in [0.29, 0.717) is 0 Å². The average molecular weight is 578 g/mol. The summed E-state index contributed by atoms with van der Waals surface area (Å²) in [4.78, 5) is 9.00. The predicted octanol–water partition coefficient (Wildman–Crippen LogP) is 8.51. The zero-order valence-corrected chi connectivity index (χ0v) is 25.5. The Morgan fingerprint density at radius 2 is 0.771 bits per heavy atom. The van der Waals surface area contributed by atoms with E-state index in [1.165, 1.54) is 30.0 Å². The molecule has 3 aromatic rings. The van der Waals surface area contributed by atoms with E-state index in [2.05, 4.69) is 133 Å². The molecule has 0 atom stereocenters. The first kappa shape index (κ1) is 29.2. The van der Waals surface area contributed by atoms with Crippen molar-refractivity contribution in [3.05, 3.63) is 108 Å². The first-order valence-corrected chi connectivity index (χ1v) is 18.6. The van der Waals surface area contributed by atoms with Crippen molar-refractivity contribution in [2.75, 3.05) is 0 Å². The fourth-order valence-electron chi connectivity index (χ4n) is 5.04. The van der Waals surface area contributed by atoms with E-state index in [9.17, 15) is 0 Å². The molecule has 0 saturated heterocycles. The quantitative estimate of drug-likeness (QED) is 0.259. The maximum absolute atomic E-state index is 9.00. The van der Waals surface area contributed by atoms with E-state index >= 15 is 0 Å². The topological polar surface area (TPSA) is 37.3 Å². The summed E-state index contributed by atoms with van der Waals surface area (Å²) in [6.07, 6.45) is 0. The summed E-state index contributed by atoms with van der Waals surface area (Å²) in [5.74, 6) is -0.833. The second kappa shape index (κ2) is 12.8. The Kier molecular flexibility index (Phi) is 10.6. The molecule has 3 aromatic carbocycles. The van der Waals surface area contributed by atoms with Gasteiger partial charge in [-0.3, -0.25) is 4.79 Å². The molecule has 0 bridgehead atoms. The minimum atomic E-state index is -1.84. The van der Waals surface area contributed by atoms with Crippen LogP contribution in [0.15, 0.2) is 91.0 Å². The molecule has 0 fully saturated rings. The number of hydrogen-bond acceptors (Lipinski definition) is 1. The van der Waals surface area contributed by atoms with Gasteiger partial charge in [-0.25, -0.2) is 0 Å². The van der Waals surface area contributed by atoms with Gasteiger partial charge in [-0.1, -0.05) is 0 Å². The molecule has 0 spiro atoms. The van der Waals surface area contributed by atoms with Crippen LogP contribution in [-0.2, 0) is 21.0 Å². The fraction of sp³-hybridized carbons (Fsp3) is 0.406. The summed E-state index contributed by atoms with van der Waals surface area (Å²) in [5.41, 5.74) is 5.16. The third kappa shape index (κ3) is 9.48. The number of carboxylic acid groups (broad SMARTS) is 1. The zero-order chi connectivity index (χ0) is 26.1. The van der Waals surface area contributed by atoms with Gasteiger partial charge in [0.15, 0.2) is 0 Å². The van der Waals surface area contributed by atoms with Crippen molar-refractivity contribution in [1.82, 2.24) is 0 Å². The van der Waals surface area contributed by atoms with Crippen LogP contribution in [0.4, 0.5) is 0 Å². The summed E-state index contributed by atoms with van der Waals surface area (Å²) in [6.45, 7) is 15.9. The monoisotopic (exact) mass is 579 g/mol. The van der Waals surface area contributed by atoms with Crippen molar-refractivity contribution >= 4 is 25.7 Å². The van der Waals surface area contributed by atoms with Crippen molar-refractivity contribution in [3.63, 3.8) is 0 Å². The number of rotatable bonds is 9. The minimum absolute atomic E-state index is 0.232. The number of carboxylic acids is 1. The SMILES string of the molecule is CC(=O)O.CC(C)([CH2][Sn]([CH2]C(C)(C)c1ccccc1)[CH2]C(C)(C)c1ccccc1)c1ccccc1. The van der Waals surface area contributed by atoms with Gasteiger partial charge in [-0.05, 0) is 0 Å². The van der Waals surface area contributed by atoms with Gasteiger partial charge < -0.3 is 5.11 Å². The van der Waals surface area contributed by atoms with Crippen LogP contribution in [0.1, 0.15) is 65.2 Å². The molecule has 3 rings (SSSR count). The number of carbonyl (C=O) groups is 1. The van der Waals surface area contributed by atoms with E-state index < -0.39 is 25.7 Å². The van der Waals surface area contributed by atoms with Crippen LogP contribution >= 0.6 is 0 Å². The second-order valence-corrected chi connectivity index (χ2v) is 18.9. The molecule has 0 aliphatic heterocycles. The van der Waals surface area contributed by atoms with Crippen LogP contribution in [0.2, 0.25) is 13.3 Å². The number of aliphatic carboxylic acids is 1. The zero-order valence-electron chi connectivity index (χ0n) is 22.6. The summed E-state index contributed by atoms with van der Waals surface area (Å²) < 4.78 is 4.14. The van der Waals surface area contributed by atoms with Crippen LogP contribution in [0.3, 0.4) is 0 Å². The van der Waals surface area contributed by atoms with Crippen molar-refractivity contribution in [1.29, 1.82) is 0 Å². The van der Waals surface area contributed by atoms with E-state index in [1.54, 1.807) is 0 Å². The van der Waals surface area contributed by atoms with Crippen molar-refractivity contribution in [3.8, 4) is 0 Å². The molecular weight excluding hydrogens is 535 g/mol. The molecule has 187 valence electrons. The average Bonchev–Trinajstić information content (AvgIpc) is 2.79. The van der Waals surface area contributed by atoms with Gasteiger partial charge in [-0.2, -0.15) is 0 Å². The molecule has 2 nitrogen and oxygen atoms in total. The van der Waals surface area contributed by atoms with Gasteiger partial charge in [0.25, 0.3) is 5.97 Å². The summed E-state index contributed by atoms with van der Waals surface area (Å²) in [5, 5.41) is 7.42. The summed E-state index contributed by atoms with van der Waals surface area (Å²) in [7, 11) is 0. The molecular formula is C32H43O2Sn. The van der Waals surface area contributed by atoms with Gasteiger partial charge in [0.05, 0.1) is 0 Å². The summed E-state index contributed by atoms with van der Waals surface area (Å²) >= 11 is -1.84. The van der Waals surface area contributed by atoms with Crippen LogP contribution in [-0.4, -0.2) is 30.8 Å². The van der Waals surface area contributed by atoms with Gasteiger partial charge in [-0.15, -0.1) is 0 Å². The van der Waals surface area contributed by atoms with Crippen LogP contribution in [0.25, 0.3) is 0 Å². The molecule has 0 aliphatic carbocycles. The van der Waals surface area contributed by atoms with Crippen molar-refractivity contribution in [2.24, 2.45) is 0 Å². The molecule has 0 aromatic heterocycles. The predicted molar refractivity (Wildman–Crippen MR) is 152 cm³/mol. The molecule has 0 saturated carbocycles. The Balaban J connectivity index is 0.00000100. The summed E-state index contributed by atoms with van der Waals surface area (Å²) in [6, 6.07) is 33.5. The van der Waals surface area contributed by atoms with Crippen LogP contribution in [0.5, 0.6) is 0 Å². The Hall–Kier alpha value is -2.07. The van der Waals surface area contributed by atoms with E-state index in [-0.39, 0.29) is 16.2 Å². The van der Waals surface area contributed by atoms with Crippen molar-refractivity contribution < 1.29 is 9.90 Å². The molecule has 35 heavy (non-hydrogen) atoms. The Morgan fingerprint density at radius 3 is 0.971 bits per heavy atom. The van der Waals surface area contributed by atoms with Crippen molar-refractivity contribution in [2.45, 2.75) is 78.0 Å². The first-order chi connectivity index (χ1) is 16.3. The van der Waals surface area contributed by atoms with E-state index in [4.69, 9.17) is 9.90 Å². The van der Waals surface area contributed by atoms with Gasteiger partial charge in [0, 0.05) is 6.92 Å².